The average Bonchev–Trinajstić information content (AvgIpc) is 3.05. The minimum absolute atomic E-state index is 0.0496. The number of hydrogen-bond acceptors (Lipinski definition) is 4. The van der Waals surface area contributed by atoms with Gasteiger partial charge in [-0.15, -0.1) is 10.2 Å². The highest BCUT2D eigenvalue weighted by atomic mass is 35.5. The molecule has 0 aliphatic rings. The Morgan fingerprint density at radius 1 is 1.12 bits per heavy atom. The van der Waals surface area contributed by atoms with Gasteiger partial charge in [0.1, 0.15) is 0 Å². The van der Waals surface area contributed by atoms with Gasteiger partial charge in [0.15, 0.2) is 16.8 Å². The summed E-state index contributed by atoms with van der Waals surface area (Å²) in [5.41, 5.74) is 1.66. The first-order valence-electron chi connectivity index (χ1n) is 8.05. The van der Waals surface area contributed by atoms with E-state index in [0.717, 1.165) is 23.1 Å². The Kier molecular flexibility index (Phi) is 5.56. The first-order chi connectivity index (χ1) is 12.1. The topological polar surface area (TPSA) is 47.8 Å². The highest BCUT2D eigenvalue weighted by Crippen LogP contribution is 2.28. The van der Waals surface area contributed by atoms with Crippen LogP contribution in [0, 0.1) is 0 Å². The van der Waals surface area contributed by atoms with E-state index in [2.05, 4.69) is 10.2 Å². The number of rotatable bonds is 6. The maximum atomic E-state index is 12.6. The lowest BCUT2D eigenvalue weighted by Gasteiger charge is -2.11. The summed E-state index contributed by atoms with van der Waals surface area (Å²) in [6.07, 6.45) is 0. The first kappa shape index (κ1) is 17.7. The third-order valence-corrected chi connectivity index (χ3v) is 5.18. The first-order valence-corrected chi connectivity index (χ1v) is 9.31. The fourth-order valence-corrected chi connectivity index (χ4v) is 3.64. The second-order valence-corrected chi connectivity index (χ2v) is 7.29. The van der Waals surface area contributed by atoms with Crippen LogP contribution in [0.4, 0.5) is 0 Å². The molecule has 3 rings (SSSR count). The zero-order valence-corrected chi connectivity index (χ0v) is 15.6. The van der Waals surface area contributed by atoms with Crippen molar-refractivity contribution in [3.05, 3.63) is 65.2 Å². The summed E-state index contributed by atoms with van der Waals surface area (Å²) in [5, 5.41) is 9.72. The van der Waals surface area contributed by atoms with Crippen molar-refractivity contribution in [3.8, 4) is 11.4 Å². The Morgan fingerprint density at radius 2 is 1.80 bits per heavy atom. The summed E-state index contributed by atoms with van der Waals surface area (Å²) < 4.78 is 2.03. The number of thioether (sulfide) groups is 1. The molecule has 0 N–H and O–H groups in total. The SMILES string of the molecule is CCn1c(S[C@@H](C)C(=O)c2ccc(Cl)cc2)nnc1-c1ccccc1. The predicted molar refractivity (Wildman–Crippen MR) is 102 cm³/mol. The zero-order chi connectivity index (χ0) is 17.8. The molecule has 25 heavy (non-hydrogen) atoms. The number of aromatic nitrogens is 3. The van der Waals surface area contributed by atoms with Crippen molar-refractivity contribution in [2.24, 2.45) is 0 Å². The molecule has 0 fully saturated rings. The summed E-state index contributed by atoms with van der Waals surface area (Å²) in [4.78, 5) is 12.6. The highest BCUT2D eigenvalue weighted by molar-refractivity contribution is 8.00. The van der Waals surface area contributed by atoms with Gasteiger partial charge in [0.2, 0.25) is 0 Å². The van der Waals surface area contributed by atoms with E-state index in [1.54, 1.807) is 24.3 Å². The number of carbonyl (C=O) groups is 1. The van der Waals surface area contributed by atoms with Gasteiger partial charge in [-0.2, -0.15) is 0 Å². The smallest absolute Gasteiger partial charge is 0.192 e. The molecule has 4 nitrogen and oxygen atoms in total. The maximum absolute atomic E-state index is 12.6. The number of hydrogen-bond donors (Lipinski definition) is 0. The molecule has 0 aliphatic heterocycles. The second kappa shape index (κ2) is 7.85. The summed E-state index contributed by atoms with van der Waals surface area (Å²) >= 11 is 7.31. The number of ketones is 1. The van der Waals surface area contributed by atoms with Crippen LogP contribution in [0.5, 0.6) is 0 Å². The molecule has 0 bridgehead atoms. The van der Waals surface area contributed by atoms with Gasteiger partial charge >= 0.3 is 0 Å². The Hall–Kier alpha value is -2.11. The second-order valence-electron chi connectivity index (χ2n) is 5.55. The molecule has 0 radical (unpaired) electrons. The monoisotopic (exact) mass is 371 g/mol. The van der Waals surface area contributed by atoms with E-state index in [9.17, 15) is 4.79 Å². The molecule has 1 aromatic heterocycles. The van der Waals surface area contributed by atoms with Crippen LogP contribution in [-0.2, 0) is 6.54 Å². The van der Waals surface area contributed by atoms with Crippen molar-refractivity contribution in [3.63, 3.8) is 0 Å². The molecular formula is C19H18ClN3OS. The molecule has 6 heteroatoms. The van der Waals surface area contributed by atoms with Crippen molar-refractivity contribution in [1.29, 1.82) is 0 Å². The van der Waals surface area contributed by atoms with Gasteiger partial charge in [0.05, 0.1) is 5.25 Å². The molecule has 1 heterocycles. The van der Waals surface area contributed by atoms with Crippen LogP contribution in [0.2, 0.25) is 5.02 Å². The van der Waals surface area contributed by atoms with E-state index in [1.807, 2.05) is 48.7 Å². The molecule has 2 aromatic carbocycles. The van der Waals surface area contributed by atoms with Gasteiger partial charge in [-0.3, -0.25) is 4.79 Å². The lowest BCUT2D eigenvalue weighted by molar-refractivity contribution is 0.0994. The minimum Gasteiger partial charge on any atom is -0.302 e. The molecule has 0 spiro atoms. The molecule has 0 unspecified atom stereocenters. The van der Waals surface area contributed by atoms with Gasteiger partial charge in [-0.05, 0) is 38.1 Å². The molecule has 128 valence electrons. The van der Waals surface area contributed by atoms with Crippen LogP contribution >= 0.6 is 23.4 Å². The van der Waals surface area contributed by atoms with E-state index >= 15 is 0 Å². The largest absolute Gasteiger partial charge is 0.302 e. The summed E-state index contributed by atoms with van der Waals surface area (Å²) in [6, 6.07) is 16.9. The fourth-order valence-electron chi connectivity index (χ4n) is 2.52. The molecule has 0 saturated heterocycles. The Morgan fingerprint density at radius 3 is 2.44 bits per heavy atom. The third kappa shape index (κ3) is 3.94. The number of Topliss-reactive ketones (excluding diaryl/α,β-unsaturated/α-hetero) is 1. The van der Waals surface area contributed by atoms with Crippen molar-refractivity contribution in [2.75, 3.05) is 0 Å². The van der Waals surface area contributed by atoms with Gasteiger partial charge in [-0.1, -0.05) is 53.7 Å². The van der Waals surface area contributed by atoms with Gasteiger partial charge in [0, 0.05) is 22.7 Å². The molecule has 0 amide bonds. The summed E-state index contributed by atoms with van der Waals surface area (Å²) in [5.74, 6) is 0.866. The normalized spacial score (nSPS) is 12.1. The number of nitrogens with zero attached hydrogens (tertiary/aromatic N) is 3. The number of benzene rings is 2. The van der Waals surface area contributed by atoms with Crippen LogP contribution in [0.3, 0.4) is 0 Å². The lowest BCUT2D eigenvalue weighted by Crippen LogP contribution is -2.14. The third-order valence-electron chi connectivity index (χ3n) is 3.85. The summed E-state index contributed by atoms with van der Waals surface area (Å²) in [6.45, 7) is 4.67. The van der Waals surface area contributed by atoms with Crippen molar-refractivity contribution in [1.82, 2.24) is 14.8 Å². The summed E-state index contributed by atoms with van der Waals surface area (Å²) in [7, 11) is 0. The van der Waals surface area contributed by atoms with Gasteiger partial charge < -0.3 is 4.57 Å². The van der Waals surface area contributed by atoms with E-state index in [4.69, 9.17) is 11.6 Å². The van der Waals surface area contributed by atoms with E-state index < -0.39 is 0 Å². The van der Waals surface area contributed by atoms with Crippen LogP contribution in [0.15, 0.2) is 59.8 Å². The van der Waals surface area contributed by atoms with E-state index in [0.29, 0.717) is 10.6 Å². The van der Waals surface area contributed by atoms with Crippen molar-refractivity contribution >= 4 is 29.1 Å². The molecule has 3 aromatic rings. The fraction of sp³-hybridized carbons (Fsp3) is 0.211. The van der Waals surface area contributed by atoms with Gasteiger partial charge in [-0.25, -0.2) is 0 Å². The van der Waals surface area contributed by atoms with E-state index in [1.165, 1.54) is 11.8 Å². The quantitative estimate of drug-likeness (QED) is 0.452. The Balaban J connectivity index is 1.82. The Labute approximate surface area is 156 Å². The molecule has 0 aliphatic carbocycles. The van der Waals surface area contributed by atoms with Crippen molar-refractivity contribution < 1.29 is 4.79 Å². The molecular weight excluding hydrogens is 354 g/mol. The molecule has 0 saturated carbocycles. The zero-order valence-electron chi connectivity index (χ0n) is 14.0. The standard InChI is InChI=1S/C19H18ClN3OS/c1-3-23-18(15-7-5-4-6-8-15)21-22-19(23)25-13(2)17(24)14-9-11-16(20)12-10-14/h4-13H,3H2,1-2H3/t13-/m0/s1. The van der Waals surface area contributed by atoms with E-state index in [-0.39, 0.29) is 11.0 Å². The lowest BCUT2D eigenvalue weighted by atomic mass is 10.1. The van der Waals surface area contributed by atoms with Crippen LogP contribution in [-0.4, -0.2) is 25.8 Å². The Bertz CT molecular complexity index is 862. The van der Waals surface area contributed by atoms with Crippen LogP contribution in [0.25, 0.3) is 11.4 Å². The number of halogens is 1. The van der Waals surface area contributed by atoms with Crippen LogP contribution in [0.1, 0.15) is 24.2 Å². The highest BCUT2D eigenvalue weighted by Gasteiger charge is 2.21. The van der Waals surface area contributed by atoms with Crippen LogP contribution < -0.4 is 0 Å². The van der Waals surface area contributed by atoms with Gasteiger partial charge in [0.25, 0.3) is 0 Å². The predicted octanol–water partition coefficient (Wildman–Crippen LogP) is 4.98. The average molecular weight is 372 g/mol. The molecule has 1 atom stereocenters. The van der Waals surface area contributed by atoms with Crippen molar-refractivity contribution in [2.45, 2.75) is 30.8 Å². The minimum atomic E-state index is -0.265. The number of carbonyl (C=O) groups excluding carboxylic acids is 1. The maximum Gasteiger partial charge on any atom is 0.192 e.